The second kappa shape index (κ2) is 17.3. The largest absolute Gasteiger partial charge is 0.320 e. The molecular formula is C45H41NP4. The fourth-order valence-electron chi connectivity index (χ4n) is 6.11. The Balaban J connectivity index is 1.44. The van der Waals surface area contributed by atoms with Crippen LogP contribution in [-0.4, -0.2) is 11.8 Å². The first-order chi connectivity index (χ1) is 24.7. The van der Waals surface area contributed by atoms with Crippen LogP contribution in [0, 0.1) is 6.92 Å². The number of hydrogen-bond donors (Lipinski definition) is 0. The molecule has 246 valence electrons. The van der Waals surface area contributed by atoms with E-state index in [1.807, 2.05) is 0 Å². The molecule has 0 amide bonds. The van der Waals surface area contributed by atoms with Crippen molar-refractivity contribution < 1.29 is 0 Å². The van der Waals surface area contributed by atoms with Crippen LogP contribution in [0.2, 0.25) is 0 Å². The van der Waals surface area contributed by atoms with Gasteiger partial charge in [0.2, 0.25) is 0 Å². The highest BCUT2D eigenvalue weighted by Crippen LogP contribution is 2.65. The molecule has 50 heavy (non-hydrogen) atoms. The zero-order valence-electron chi connectivity index (χ0n) is 28.3. The van der Waals surface area contributed by atoms with E-state index in [0.29, 0.717) is 0 Å². The van der Waals surface area contributed by atoms with Crippen molar-refractivity contribution in [2.24, 2.45) is 0 Å². The Hall–Kier alpha value is -3.94. The molecule has 5 heteroatoms. The van der Waals surface area contributed by atoms with Gasteiger partial charge in [-0.3, -0.25) is 0 Å². The number of nitrogens with zero attached hydrogens (tertiary/aromatic N) is 1. The number of benzene rings is 7. The summed E-state index contributed by atoms with van der Waals surface area (Å²) in [5.41, 5.74) is 2.60. The summed E-state index contributed by atoms with van der Waals surface area (Å²) in [6.45, 7) is 2.20. The van der Waals surface area contributed by atoms with Crippen LogP contribution in [0.25, 0.3) is 0 Å². The van der Waals surface area contributed by atoms with E-state index in [2.05, 4.69) is 218 Å². The van der Waals surface area contributed by atoms with Crippen molar-refractivity contribution in [1.82, 2.24) is 0 Å². The fraction of sp³-hybridized carbons (Fsp3) is 0.0667. The first-order valence-corrected chi connectivity index (χ1v) is 23.0. The average Bonchev–Trinajstić information content (AvgIpc) is 3.20. The third-order valence-electron chi connectivity index (χ3n) is 8.65. The molecule has 0 radical (unpaired) electrons. The van der Waals surface area contributed by atoms with Crippen LogP contribution in [0.1, 0.15) is 5.56 Å². The van der Waals surface area contributed by atoms with Gasteiger partial charge in [0.1, 0.15) is 0 Å². The Morgan fingerprint density at radius 3 is 0.860 bits per heavy atom. The fourth-order valence-corrected chi connectivity index (χ4v) is 20.8. The zero-order chi connectivity index (χ0) is 34.0. The summed E-state index contributed by atoms with van der Waals surface area (Å²) in [6, 6.07) is 77.1. The van der Waals surface area contributed by atoms with Crippen LogP contribution in [0.15, 0.2) is 206 Å². The molecule has 0 bridgehead atoms. The topological polar surface area (TPSA) is 3.24 Å². The molecule has 0 aliphatic carbocycles. The van der Waals surface area contributed by atoms with Gasteiger partial charge >= 0.3 is 0 Å². The van der Waals surface area contributed by atoms with E-state index in [0.717, 1.165) is 11.8 Å². The Bertz CT molecular complexity index is 1800. The molecule has 2 atom stereocenters. The van der Waals surface area contributed by atoms with Gasteiger partial charge in [0.05, 0.1) is 0 Å². The molecule has 7 aromatic rings. The molecule has 2 unspecified atom stereocenters. The summed E-state index contributed by atoms with van der Waals surface area (Å²) in [6.07, 6.45) is 0. The minimum Gasteiger partial charge on any atom is -0.320 e. The highest BCUT2D eigenvalue weighted by atomic mass is 31.2. The number of hydrogen-bond acceptors (Lipinski definition) is 1. The van der Waals surface area contributed by atoms with Crippen LogP contribution < -0.4 is 36.3 Å². The Labute approximate surface area is 303 Å². The minimum atomic E-state index is -0.822. The number of aryl methyl sites for hydroxylation is 1. The predicted octanol–water partition coefficient (Wildman–Crippen LogP) is 10.4. The highest BCUT2D eigenvalue weighted by Gasteiger charge is 2.34. The van der Waals surface area contributed by atoms with Crippen LogP contribution in [0.5, 0.6) is 0 Å². The predicted molar refractivity (Wildman–Crippen MR) is 228 cm³/mol. The van der Waals surface area contributed by atoms with E-state index in [-0.39, 0.29) is 0 Å². The number of rotatable bonds is 13. The van der Waals surface area contributed by atoms with Gasteiger partial charge in [-0.25, -0.2) is 0 Å². The van der Waals surface area contributed by atoms with Crippen molar-refractivity contribution in [1.29, 1.82) is 0 Å². The van der Waals surface area contributed by atoms with E-state index >= 15 is 0 Å². The SMILES string of the molecule is Cc1ccc(N(P(CP(c2ccccc2)c2ccccc2)c2ccccc2)P(CP(c2ccccc2)c2ccccc2)c2ccccc2)cc1. The molecule has 7 rings (SSSR count). The van der Waals surface area contributed by atoms with Gasteiger partial charge in [-0.2, -0.15) is 0 Å². The first kappa shape index (κ1) is 34.5. The molecular weight excluding hydrogens is 678 g/mol. The summed E-state index contributed by atoms with van der Waals surface area (Å²) in [5.74, 6) is 2.13. The standard InChI is InChI=1S/C45H41NP4/c1-38-32-34-39(35-33-38)46(49(44-28-16-6-17-29-44)36-47(40-20-8-2-9-21-40)41-22-10-3-11-23-41)50(45-30-18-7-19-31-45)37-48(42-24-12-4-13-25-42)43-26-14-5-15-27-43/h2-35H,36-37H2,1H3. The Kier molecular flexibility index (Phi) is 12.0. The van der Waals surface area contributed by atoms with Crippen LogP contribution in [-0.2, 0) is 0 Å². The molecule has 1 nitrogen and oxygen atoms in total. The quantitative estimate of drug-likeness (QED) is 0.107. The summed E-state index contributed by atoms with van der Waals surface area (Å²) in [7, 11) is -2.93. The van der Waals surface area contributed by atoms with E-state index in [4.69, 9.17) is 0 Å². The smallest absolute Gasteiger partial charge is 0.0440 e. The second-order valence-corrected chi connectivity index (χ2v) is 21.9. The van der Waals surface area contributed by atoms with Crippen molar-refractivity contribution in [2.75, 3.05) is 16.2 Å². The Morgan fingerprint density at radius 2 is 0.580 bits per heavy atom. The summed E-state index contributed by atoms with van der Waals surface area (Å²) >= 11 is 0. The zero-order valence-corrected chi connectivity index (χ0v) is 31.9. The molecule has 0 aliphatic heterocycles. The van der Waals surface area contributed by atoms with E-state index in [1.165, 1.54) is 43.1 Å². The van der Waals surface area contributed by atoms with Crippen LogP contribution in [0.4, 0.5) is 5.69 Å². The maximum absolute atomic E-state index is 2.91. The molecule has 0 fully saturated rings. The van der Waals surface area contributed by atoms with E-state index in [9.17, 15) is 0 Å². The third-order valence-corrected chi connectivity index (χ3v) is 21.2. The third kappa shape index (κ3) is 8.50. The monoisotopic (exact) mass is 719 g/mol. The van der Waals surface area contributed by atoms with E-state index in [1.54, 1.807) is 0 Å². The molecule has 0 N–H and O–H groups in total. The van der Waals surface area contributed by atoms with E-state index < -0.39 is 32.0 Å². The van der Waals surface area contributed by atoms with Gasteiger partial charge in [-0.05, 0) is 66.7 Å². The number of anilines is 1. The summed E-state index contributed by atoms with van der Waals surface area (Å²) in [4.78, 5) is 0. The van der Waals surface area contributed by atoms with Gasteiger partial charge in [0, 0.05) is 33.6 Å². The molecule has 7 aromatic carbocycles. The highest BCUT2D eigenvalue weighted by molar-refractivity contribution is 7.95. The van der Waals surface area contributed by atoms with Crippen LogP contribution in [0.3, 0.4) is 0 Å². The van der Waals surface area contributed by atoms with Gasteiger partial charge in [-0.15, -0.1) is 0 Å². The second-order valence-electron chi connectivity index (χ2n) is 12.1. The lowest BCUT2D eigenvalue weighted by Crippen LogP contribution is -2.28. The molecule has 0 spiro atoms. The Morgan fingerprint density at radius 1 is 0.320 bits per heavy atom. The lowest BCUT2D eigenvalue weighted by Gasteiger charge is -2.43. The van der Waals surface area contributed by atoms with Gasteiger partial charge in [-0.1, -0.05) is 200 Å². The minimum absolute atomic E-state index is 0.642. The van der Waals surface area contributed by atoms with Gasteiger partial charge < -0.3 is 4.44 Å². The summed E-state index contributed by atoms with van der Waals surface area (Å²) in [5, 5.41) is 8.58. The lowest BCUT2D eigenvalue weighted by molar-refractivity contribution is 1.45. The van der Waals surface area contributed by atoms with Gasteiger partial charge in [0.15, 0.2) is 0 Å². The molecule has 0 saturated heterocycles. The normalized spacial score (nSPS) is 12.5. The van der Waals surface area contributed by atoms with Crippen molar-refractivity contribution >= 4 is 69.5 Å². The van der Waals surface area contributed by atoms with Crippen LogP contribution >= 0.6 is 32.0 Å². The lowest BCUT2D eigenvalue weighted by atomic mass is 10.2. The van der Waals surface area contributed by atoms with Crippen molar-refractivity contribution in [2.45, 2.75) is 6.92 Å². The molecule has 0 saturated carbocycles. The van der Waals surface area contributed by atoms with Crippen molar-refractivity contribution in [3.05, 3.63) is 212 Å². The van der Waals surface area contributed by atoms with Gasteiger partial charge in [0.25, 0.3) is 0 Å². The maximum Gasteiger partial charge on any atom is 0.0440 e. The molecule has 0 aliphatic rings. The van der Waals surface area contributed by atoms with Crippen molar-refractivity contribution in [3.8, 4) is 0 Å². The molecule has 0 heterocycles. The summed E-state index contributed by atoms with van der Waals surface area (Å²) < 4.78 is 2.91. The molecule has 0 aromatic heterocycles. The maximum atomic E-state index is 2.91. The van der Waals surface area contributed by atoms with Crippen molar-refractivity contribution in [3.63, 3.8) is 0 Å². The average molecular weight is 720 g/mol. The first-order valence-electron chi connectivity index (χ1n) is 17.0.